The van der Waals surface area contributed by atoms with Crippen molar-refractivity contribution >= 4 is 11.6 Å². The lowest BCUT2D eigenvalue weighted by molar-refractivity contribution is -0.118. The lowest BCUT2D eigenvalue weighted by atomic mass is 10.2. The number of hydrogen-bond donors (Lipinski definition) is 1. The van der Waals surface area contributed by atoms with E-state index in [0.29, 0.717) is 6.04 Å². The van der Waals surface area contributed by atoms with Crippen LogP contribution in [-0.4, -0.2) is 29.5 Å². The third kappa shape index (κ3) is 2.64. The standard InChI is InChI=1S/C13H19N3O/c1-9(2)15-12-6-7-16(13(12)17)11-5-4-10(3)14-8-11/h4-5,8-9,12,15H,6-7H2,1-3H3. The summed E-state index contributed by atoms with van der Waals surface area (Å²) in [6.45, 7) is 6.83. The second-order valence-corrected chi connectivity index (χ2v) is 4.81. The zero-order valence-corrected chi connectivity index (χ0v) is 10.6. The van der Waals surface area contributed by atoms with Crippen LogP contribution in [0.25, 0.3) is 0 Å². The van der Waals surface area contributed by atoms with Crippen molar-refractivity contribution in [1.29, 1.82) is 0 Å². The van der Waals surface area contributed by atoms with Crippen molar-refractivity contribution in [1.82, 2.24) is 10.3 Å². The molecular formula is C13H19N3O. The maximum Gasteiger partial charge on any atom is 0.244 e. The first kappa shape index (κ1) is 12.0. The molecule has 2 heterocycles. The minimum absolute atomic E-state index is 0.0451. The second-order valence-electron chi connectivity index (χ2n) is 4.81. The van der Waals surface area contributed by atoms with E-state index in [1.54, 1.807) is 6.20 Å². The minimum atomic E-state index is -0.0451. The SMILES string of the molecule is Cc1ccc(N2CCC(NC(C)C)C2=O)cn1. The van der Waals surface area contributed by atoms with Gasteiger partial charge in [-0.2, -0.15) is 0 Å². The Labute approximate surface area is 102 Å². The molecule has 1 aromatic rings. The molecule has 0 aliphatic carbocycles. The molecule has 0 bridgehead atoms. The summed E-state index contributed by atoms with van der Waals surface area (Å²) in [6, 6.07) is 4.18. The number of pyridine rings is 1. The molecule has 92 valence electrons. The van der Waals surface area contributed by atoms with Crippen molar-refractivity contribution < 1.29 is 4.79 Å². The summed E-state index contributed by atoms with van der Waals surface area (Å²) in [7, 11) is 0. The van der Waals surface area contributed by atoms with E-state index in [0.717, 1.165) is 24.3 Å². The van der Waals surface area contributed by atoms with Crippen LogP contribution in [0.3, 0.4) is 0 Å². The molecule has 4 nitrogen and oxygen atoms in total. The van der Waals surface area contributed by atoms with Crippen LogP contribution in [0.5, 0.6) is 0 Å². The van der Waals surface area contributed by atoms with Gasteiger partial charge in [0.25, 0.3) is 0 Å². The van der Waals surface area contributed by atoms with E-state index in [2.05, 4.69) is 24.1 Å². The normalized spacial score (nSPS) is 20.4. The van der Waals surface area contributed by atoms with Crippen LogP contribution >= 0.6 is 0 Å². The molecular weight excluding hydrogens is 214 g/mol. The minimum Gasteiger partial charge on any atom is -0.309 e. The van der Waals surface area contributed by atoms with Crippen molar-refractivity contribution in [3.05, 3.63) is 24.0 Å². The highest BCUT2D eigenvalue weighted by atomic mass is 16.2. The van der Waals surface area contributed by atoms with E-state index < -0.39 is 0 Å². The van der Waals surface area contributed by atoms with E-state index in [1.807, 2.05) is 24.0 Å². The predicted octanol–water partition coefficient (Wildman–Crippen LogP) is 1.49. The molecule has 1 saturated heterocycles. The first-order valence-corrected chi connectivity index (χ1v) is 6.08. The molecule has 0 radical (unpaired) electrons. The molecule has 0 saturated carbocycles. The second kappa shape index (κ2) is 4.84. The molecule has 1 aliphatic heterocycles. The Morgan fingerprint density at radius 2 is 2.24 bits per heavy atom. The highest BCUT2D eigenvalue weighted by Crippen LogP contribution is 2.21. The molecule has 1 aliphatic rings. The van der Waals surface area contributed by atoms with Gasteiger partial charge in [0.2, 0.25) is 5.91 Å². The number of anilines is 1. The Morgan fingerprint density at radius 1 is 1.47 bits per heavy atom. The van der Waals surface area contributed by atoms with Gasteiger partial charge in [-0.05, 0) is 25.5 Å². The Bertz CT molecular complexity index is 400. The third-order valence-electron chi connectivity index (χ3n) is 2.95. The van der Waals surface area contributed by atoms with Crippen LogP contribution < -0.4 is 10.2 Å². The van der Waals surface area contributed by atoms with Gasteiger partial charge in [-0.3, -0.25) is 9.78 Å². The van der Waals surface area contributed by atoms with E-state index in [4.69, 9.17) is 0 Å². The molecule has 0 spiro atoms. The summed E-state index contributed by atoms with van der Waals surface area (Å²) in [4.78, 5) is 18.2. The van der Waals surface area contributed by atoms with Gasteiger partial charge >= 0.3 is 0 Å². The smallest absolute Gasteiger partial charge is 0.244 e. The largest absolute Gasteiger partial charge is 0.309 e. The molecule has 4 heteroatoms. The fraction of sp³-hybridized carbons (Fsp3) is 0.538. The van der Waals surface area contributed by atoms with Gasteiger partial charge in [-0.1, -0.05) is 13.8 Å². The molecule has 1 aromatic heterocycles. The maximum atomic E-state index is 12.2. The summed E-state index contributed by atoms with van der Waals surface area (Å²) in [5, 5.41) is 3.29. The molecule has 1 N–H and O–H groups in total. The average Bonchev–Trinajstić information content (AvgIpc) is 2.61. The van der Waals surface area contributed by atoms with Crippen LogP contribution in [0.4, 0.5) is 5.69 Å². The van der Waals surface area contributed by atoms with Gasteiger partial charge in [0, 0.05) is 18.3 Å². The van der Waals surface area contributed by atoms with Crippen LogP contribution in [0.2, 0.25) is 0 Å². The fourth-order valence-corrected chi connectivity index (χ4v) is 2.11. The summed E-state index contributed by atoms with van der Waals surface area (Å²) in [5.41, 5.74) is 1.87. The highest BCUT2D eigenvalue weighted by Gasteiger charge is 2.32. The van der Waals surface area contributed by atoms with Gasteiger partial charge in [0.1, 0.15) is 0 Å². The Morgan fingerprint density at radius 3 is 2.82 bits per heavy atom. The number of aromatic nitrogens is 1. The average molecular weight is 233 g/mol. The molecule has 1 amide bonds. The topological polar surface area (TPSA) is 45.2 Å². The number of hydrogen-bond acceptors (Lipinski definition) is 3. The number of amides is 1. The number of carbonyl (C=O) groups is 1. The van der Waals surface area contributed by atoms with Crippen molar-refractivity contribution in [2.24, 2.45) is 0 Å². The van der Waals surface area contributed by atoms with E-state index >= 15 is 0 Å². The number of nitrogens with zero attached hydrogens (tertiary/aromatic N) is 2. The third-order valence-corrected chi connectivity index (χ3v) is 2.95. The van der Waals surface area contributed by atoms with Gasteiger partial charge < -0.3 is 10.2 Å². The lowest BCUT2D eigenvalue weighted by Gasteiger charge is -2.18. The zero-order chi connectivity index (χ0) is 12.4. The predicted molar refractivity (Wildman–Crippen MR) is 68.0 cm³/mol. The van der Waals surface area contributed by atoms with E-state index in [1.165, 1.54) is 0 Å². The molecule has 0 aromatic carbocycles. The van der Waals surface area contributed by atoms with Gasteiger partial charge in [0.05, 0.1) is 17.9 Å². The van der Waals surface area contributed by atoms with E-state index in [-0.39, 0.29) is 11.9 Å². The van der Waals surface area contributed by atoms with Crippen LogP contribution in [0.1, 0.15) is 26.0 Å². The number of carbonyl (C=O) groups excluding carboxylic acids is 1. The molecule has 1 atom stereocenters. The Balaban J connectivity index is 2.09. The zero-order valence-electron chi connectivity index (χ0n) is 10.6. The molecule has 2 rings (SSSR count). The Kier molecular flexibility index (Phi) is 3.43. The van der Waals surface area contributed by atoms with Crippen molar-refractivity contribution in [3.63, 3.8) is 0 Å². The summed E-state index contributed by atoms with van der Waals surface area (Å²) < 4.78 is 0. The van der Waals surface area contributed by atoms with Crippen molar-refractivity contribution in [2.45, 2.75) is 39.3 Å². The number of rotatable bonds is 3. The molecule has 1 unspecified atom stereocenters. The van der Waals surface area contributed by atoms with Gasteiger partial charge in [-0.25, -0.2) is 0 Å². The quantitative estimate of drug-likeness (QED) is 0.860. The van der Waals surface area contributed by atoms with Crippen molar-refractivity contribution in [3.8, 4) is 0 Å². The molecule has 1 fully saturated rings. The maximum absolute atomic E-state index is 12.2. The van der Waals surface area contributed by atoms with E-state index in [9.17, 15) is 4.79 Å². The highest BCUT2D eigenvalue weighted by molar-refractivity contribution is 5.99. The monoisotopic (exact) mass is 233 g/mol. The van der Waals surface area contributed by atoms with Gasteiger partial charge in [0.15, 0.2) is 0 Å². The first-order valence-electron chi connectivity index (χ1n) is 6.08. The van der Waals surface area contributed by atoms with Crippen molar-refractivity contribution in [2.75, 3.05) is 11.4 Å². The summed E-state index contributed by atoms with van der Waals surface area (Å²) in [5.74, 6) is 0.157. The number of nitrogens with one attached hydrogen (secondary N) is 1. The summed E-state index contributed by atoms with van der Waals surface area (Å²) in [6.07, 6.45) is 2.63. The van der Waals surface area contributed by atoms with Gasteiger partial charge in [-0.15, -0.1) is 0 Å². The summed E-state index contributed by atoms with van der Waals surface area (Å²) >= 11 is 0. The number of aryl methyl sites for hydroxylation is 1. The fourth-order valence-electron chi connectivity index (χ4n) is 2.11. The van der Waals surface area contributed by atoms with Crippen LogP contribution in [-0.2, 0) is 4.79 Å². The van der Waals surface area contributed by atoms with Crippen LogP contribution in [0, 0.1) is 6.92 Å². The Hall–Kier alpha value is -1.42. The van der Waals surface area contributed by atoms with Crippen LogP contribution in [0.15, 0.2) is 18.3 Å². The first-order chi connectivity index (χ1) is 8.08. The molecule has 17 heavy (non-hydrogen) atoms. The lowest BCUT2D eigenvalue weighted by Crippen LogP contribution is -2.41.